The molecule has 1 aliphatic heterocycles. The van der Waals surface area contributed by atoms with Gasteiger partial charge in [-0.15, -0.1) is 6.58 Å². The van der Waals surface area contributed by atoms with Crippen molar-refractivity contribution < 1.29 is 19.8 Å². The van der Waals surface area contributed by atoms with E-state index in [4.69, 9.17) is 0 Å². The Morgan fingerprint density at radius 3 is 2.60 bits per heavy atom. The van der Waals surface area contributed by atoms with E-state index in [0.717, 1.165) is 0 Å². The number of phenols is 1. The average Bonchev–Trinajstić information content (AvgIpc) is 2.65. The van der Waals surface area contributed by atoms with Crippen LogP contribution in [0.1, 0.15) is 18.5 Å². The maximum absolute atomic E-state index is 12.0. The molecule has 0 radical (unpaired) electrons. The van der Waals surface area contributed by atoms with Gasteiger partial charge in [0, 0.05) is 12.1 Å². The summed E-state index contributed by atoms with van der Waals surface area (Å²) < 4.78 is 0. The predicted molar refractivity (Wildman–Crippen MR) is 73.1 cm³/mol. The first kappa shape index (κ1) is 13.9. The van der Waals surface area contributed by atoms with Gasteiger partial charge in [0.25, 0.3) is 5.91 Å². The molecular formula is C15H15NO4. The number of para-hydroxylation sites is 1. The predicted octanol–water partition coefficient (Wildman–Crippen LogP) is 1.86. The molecule has 0 aliphatic carbocycles. The molecule has 0 spiro atoms. The second-order valence-corrected chi connectivity index (χ2v) is 4.53. The molecule has 104 valence electrons. The summed E-state index contributed by atoms with van der Waals surface area (Å²) in [5.74, 6) is -1.64. The molecule has 1 unspecified atom stereocenters. The quantitative estimate of drug-likeness (QED) is 0.821. The second kappa shape index (κ2) is 5.21. The zero-order chi connectivity index (χ0) is 14.9. The van der Waals surface area contributed by atoms with Gasteiger partial charge in [-0.3, -0.25) is 9.59 Å². The molecule has 1 aromatic rings. The molecule has 1 amide bonds. The number of aliphatic hydroxyl groups is 1. The minimum Gasteiger partial charge on any atom is -0.508 e. The van der Waals surface area contributed by atoms with Crippen LogP contribution in [-0.2, 0) is 9.59 Å². The van der Waals surface area contributed by atoms with Crippen LogP contribution >= 0.6 is 0 Å². The lowest BCUT2D eigenvalue weighted by molar-refractivity contribution is -0.128. The zero-order valence-corrected chi connectivity index (χ0v) is 11.0. The van der Waals surface area contributed by atoms with E-state index in [-0.39, 0.29) is 17.9 Å². The molecule has 5 heteroatoms. The van der Waals surface area contributed by atoms with E-state index in [2.05, 4.69) is 6.58 Å². The number of hydrogen-bond donors (Lipinski definition) is 2. The lowest BCUT2D eigenvalue weighted by atomic mass is 9.96. The van der Waals surface area contributed by atoms with Crippen molar-refractivity contribution in [1.82, 2.24) is 4.90 Å². The lowest BCUT2D eigenvalue weighted by Gasteiger charge is -2.25. The highest BCUT2D eigenvalue weighted by molar-refractivity contribution is 6.08. The molecule has 1 atom stereocenters. The van der Waals surface area contributed by atoms with Crippen LogP contribution in [0.4, 0.5) is 0 Å². The van der Waals surface area contributed by atoms with Crippen molar-refractivity contribution in [3.8, 4) is 5.75 Å². The molecule has 0 fully saturated rings. The van der Waals surface area contributed by atoms with Crippen molar-refractivity contribution in [3.05, 3.63) is 53.8 Å². The third kappa shape index (κ3) is 2.07. The molecule has 20 heavy (non-hydrogen) atoms. The number of hydrogen-bond acceptors (Lipinski definition) is 4. The Bertz CT molecular complexity index is 618. The van der Waals surface area contributed by atoms with Gasteiger partial charge in [0.15, 0.2) is 11.5 Å². The number of phenolic OH excluding ortho intramolecular Hbond substituents is 1. The number of nitrogens with zero attached hydrogens (tertiary/aromatic N) is 1. The zero-order valence-electron chi connectivity index (χ0n) is 11.0. The SMILES string of the molecule is C=CCN1C(=O)C(O)=C(C(C)=O)C1c1ccccc1O. The number of aliphatic hydroxyl groups excluding tert-OH is 1. The molecule has 2 N–H and O–H groups in total. The fourth-order valence-corrected chi connectivity index (χ4v) is 2.38. The summed E-state index contributed by atoms with van der Waals surface area (Å²) in [6.45, 7) is 5.01. The van der Waals surface area contributed by atoms with Crippen LogP contribution in [0.2, 0.25) is 0 Å². The summed E-state index contributed by atoms with van der Waals surface area (Å²) in [6, 6.07) is 5.63. The summed E-state index contributed by atoms with van der Waals surface area (Å²) in [5.41, 5.74) is 0.398. The van der Waals surface area contributed by atoms with Gasteiger partial charge in [0.2, 0.25) is 0 Å². The average molecular weight is 273 g/mol. The fraction of sp³-hybridized carbons (Fsp3) is 0.200. The van der Waals surface area contributed by atoms with Crippen LogP contribution < -0.4 is 0 Å². The maximum Gasteiger partial charge on any atom is 0.290 e. The Kier molecular flexibility index (Phi) is 3.61. The Morgan fingerprint density at radius 2 is 2.05 bits per heavy atom. The van der Waals surface area contributed by atoms with Crippen LogP contribution in [0.3, 0.4) is 0 Å². The van der Waals surface area contributed by atoms with Gasteiger partial charge in [0.1, 0.15) is 5.75 Å². The molecule has 0 aromatic heterocycles. The van der Waals surface area contributed by atoms with Crippen molar-refractivity contribution in [2.24, 2.45) is 0 Å². The lowest BCUT2D eigenvalue weighted by Crippen LogP contribution is -2.31. The first-order valence-corrected chi connectivity index (χ1v) is 6.12. The normalized spacial score (nSPS) is 18.6. The van der Waals surface area contributed by atoms with Crippen LogP contribution in [0.15, 0.2) is 48.3 Å². The number of amides is 1. The first-order chi connectivity index (χ1) is 9.49. The summed E-state index contributed by atoms with van der Waals surface area (Å²) in [5, 5.41) is 19.8. The van der Waals surface area contributed by atoms with Gasteiger partial charge in [-0.25, -0.2) is 0 Å². The van der Waals surface area contributed by atoms with Crippen LogP contribution in [0.5, 0.6) is 5.75 Å². The summed E-state index contributed by atoms with van der Waals surface area (Å²) >= 11 is 0. The smallest absolute Gasteiger partial charge is 0.290 e. The van der Waals surface area contributed by atoms with Crippen LogP contribution in [-0.4, -0.2) is 33.3 Å². The molecule has 1 aliphatic rings. The van der Waals surface area contributed by atoms with Gasteiger partial charge in [-0.2, -0.15) is 0 Å². The number of aromatic hydroxyl groups is 1. The topological polar surface area (TPSA) is 77.8 Å². The molecule has 0 saturated heterocycles. The van der Waals surface area contributed by atoms with E-state index < -0.39 is 23.5 Å². The number of benzene rings is 1. The second-order valence-electron chi connectivity index (χ2n) is 4.53. The summed E-state index contributed by atoms with van der Waals surface area (Å²) in [6.07, 6.45) is 1.50. The molecule has 0 saturated carbocycles. The van der Waals surface area contributed by atoms with E-state index >= 15 is 0 Å². The van der Waals surface area contributed by atoms with Crippen molar-refractivity contribution in [3.63, 3.8) is 0 Å². The Labute approximate surface area is 116 Å². The Hall–Kier alpha value is -2.56. The molecule has 1 heterocycles. The van der Waals surface area contributed by atoms with E-state index in [1.807, 2.05) is 0 Å². The van der Waals surface area contributed by atoms with Crippen molar-refractivity contribution in [2.45, 2.75) is 13.0 Å². The minimum absolute atomic E-state index is 0.00153. The van der Waals surface area contributed by atoms with E-state index in [9.17, 15) is 19.8 Å². The highest BCUT2D eigenvalue weighted by atomic mass is 16.3. The summed E-state index contributed by atoms with van der Waals surface area (Å²) in [7, 11) is 0. The number of rotatable bonds is 4. The van der Waals surface area contributed by atoms with Crippen molar-refractivity contribution >= 4 is 11.7 Å². The van der Waals surface area contributed by atoms with Crippen molar-refractivity contribution in [1.29, 1.82) is 0 Å². The van der Waals surface area contributed by atoms with E-state index in [0.29, 0.717) is 5.56 Å². The molecule has 2 rings (SSSR count). The van der Waals surface area contributed by atoms with Gasteiger partial charge >= 0.3 is 0 Å². The first-order valence-electron chi connectivity index (χ1n) is 6.12. The molecule has 0 bridgehead atoms. The number of carbonyl (C=O) groups excluding carboxylic acids is 2. The highest BCUT2D eigenvalue weighted by Gasteiger charge is 2.42. The molecule has 5 nitrogen and oxygen atoms in total. The van der Waals surface area contributed by atoms with Gasteiger partial charge in [-0.1, -0.05) is 24.3 Å². The fourth-order valence-electron chi connectivity index (χ4n) is 2.38. The third-order valence-corrected chi connectivity index (χ3v) is 3.24. The van der Waals surface area contributed by atoms with E-state index in [1.54, 1.807) is 18.2 Å². The Morgan fingerprint density at radius 1 is 1.40 bits per heavy atom. The van der Waals surface area contributed by atoms with Gasteiger partial charge in [0.05, 0.1) is 11.6 Å². The summed E-state index contributed by atoms with van der Waals surface area (Å²) in [4.78, 5) is 25.1. The van der Waals surface area contributed by atoms with Crippen molar-refractivity contribution in [2.75, 3.05) is 6.54 Å². The van der Waals surface area contributed by atoms with Gasteiger partial charge < -0.3 is 15.1 Å². The number of carbonyl (C=O) groups is 2. The standard InChI is InChI=1S/C15H15NO4/c1-3-8-16-13(10-6-4-5-7-11(10)18)12(9(2)17)14(19)15(16)20/h3-7,13,18-19H,1,8H2,2H3. The molecular weight excluding hydrogens is 258 g/mol. The van der Waals surface area contributed by atoms with Crippen LogP contribution in [0.25, 0.3) is 0 Å². The number of Topliss-reactive ketones (excluding diaryl/α,β-unsaturated/α-hetero) is 1. The minimum atomic E-state index is -0.792. The van der Waals surface area contributed by atoms with Crippen LogP contribution in [0, 0.1) is 0 Å². The number of ketones is 1. The molecule has 1 aromatic carbocycles. The Balaban J connectivity index is 2.61. The third-order valence-electron chi connectivity index (χ3n) is 3.24. The van der Waals surface area contributed by atoms with E-state index in [1.165, 1.54) is 24.0 Å². The maximum atomic E-state index is 12.0. The highest BCUT2D eigenvalue weighted by Crippen LogP contribution is 2.40. The van der Waals surface area contributed by atoms with Gasteiger partial charge in [-0.05, 0) is 13.0 Å². The largest absolute Gasteiger partial charge is 0.508 e. The monoisotopic (exact) mass is 273 g/mol.